The predicted octanol–water partition coefficient (Wildman–Crippen LogP) is 0.326. The molecule has 0 heterocycles. The van der Waals surface area contributed by atoms with Crippen LogP contribution in [0.25, 0.3) is 0 Å². The number of nitrogens with zero attached hydrogens (tertiary/aromatic N) is 1. The lowest BCUT2D eigenvalue weighted by Crippen LogP contribution is -2.52. The largest absolute Gasteiger partial charge is 0.349 e. The van der Waals surface area contributed by atoms with Crippen LogP contribution in [0.3, 0.4) is 0 Å². The van der Waals surface area contributed by atoms with Gasteiger partial charge in [0.2, 0.25) is 5.91 Å². The van der Waals surface area contributed by atoms with Crippen molar-refractivity contribution in [1.29, 1.82) is 0 Å². The van der Waals surface area contributed by atoms with Crippen LogP contribution in [0.4, 0.5) is 0 Å². The molecule has 1 saturated carbocycles. The Morgan fingerprint density at radius 3 is 2.47 bits per heavy atom. The zero-order valence-electron chi connectivity index (χ0n) is 9.88. The van der Waals surface area contributed by atoms with Gasteiger partial charge < -0.3 is 16.0 Å². The van der Waals surface area contributed by atoms with Crippen LogP contribution in [0.1, 0.15) is 32.1 Å². The predicted molar refractivity (Wildman–Crippen MR) is 61.6 cm³/mol. The minimum atomic E-state index is -0.0939. The molecule has 0 unspecified atom stereocenters. The van der Waals surface area contributed by atoms with Gasteiger partial charge in [-0.15, -0.1) is 0 Å². The molecule has 3 N–H and O–H groups in total. The van der Waals surface area contributed by atoms with E-state index in [9.17, 15) is 4.79 Å². The third-order valence-electron chi connectivity index (χ3n) is 3.14. The van der Waals surface area contributed by atoms with Crippen molar-refractivity contribution in [3.8, 4) is 0 Å². The second-order valence-electron chi connectivity index (χ2n) is 4.79. The molecule has 1 aliphatic rings. The van der Waals surface area contributed by atoms with E-state index in [4.69, 9.17) is 5.73 Å². The highest BCUT2D eigenvalue weighted by Crippen LogP contribution is 2.28. The molecule has 0 saturated heterocycles. The van der Waals surface area contributed by atoms with Crippen LogP contribution in [-0.4, -0.2) is 43.5 Å². The van der Waals surface area contributed by atoms with E-state index in [1.54, 1.807) is 0 Å². The summed E-state index contributed by atoms with van der Waals surface area (Å²) in [7, 11) is 3.95. The second-order valence-corrected chi connectivity index (χ2v) is 4.79. The average molecular weight is 213 g/mol. The van der Waals surface area contributed by atoms with Crippen molar-refractivity contribution < 1.29 is 4.79 Å². The molecule has 0 radical (unpaired) electrons. The third-order valence-corrected chi connectivity index (χ3v) is 3.14. The summed E-state index contributed by atoms with van der Waals surface area (Å²) in [4.78, 5) is 13.7. The van der Waals surface area contributed by atoms with Crippen molar-refractivity contribution in [3.05, 3.63) is 0 Å². The molecule has 0 aromatic heterocycles. The first-order valence-corrected chi connectivity index (χ1v) is 5.74. The maximum Gasteiger partial charge on any atom is 0.221 e. The topological polar surface area (TPSA) is 58.4 Å². The van der Waals surface area contributed by atoms with Crippen molar-refractivity contribution in [2.75, 3.05) is 27.2 Å². The van der Waals surface area contributed by atoms with Gasteiger partial charge in [0.15, 0.2) is 0 Å². The number of hydrogen-bond donors (Lipinski definition) is 2. The molecule has 0 aliphatic heterocycles. The van der Waals surface area contributed by atoms with Gasteiger partial charge in [-0.05, 0) is 26.9 Å². The Bertz CT molecular complexity index is 210. The summed E-state index contributed by atoms with van der Waals surface area (Å²) in [5.41, 5.74) is 5.65. The van der Waals surface area contributed by atoms with E-state index in [0.29, 0.717) is 13.0 Å². The number of carbonyl (C=O) groups excluding carboxylic acids is 1. The van der Waals surface area contributed by atoms with E-state index in [2.05, 4.69) is 5.32 Å². The molecule has 1 amide bonds. The van der Waals surface area contributed by atoms with Gasteiger partial charge in [-0.2, -0.15) is 0 Å². The molecule has 0 spiro atoms. The van der Waals surface area contributed by atoms with E-state index in [0.717, 1.165) is 19.4 Å². The van der Waals surface area contributed by atoms with E-state index >= 15 is 0 Å². The van der Waals surface area contributed by atoms with E-state index in [1.807, 2.05) is 19.0 Å². The van der Waals surface area contributed by atoms with Gasteiger partial charge in [-0.3, -0.25) is 4.79 Å². The zero-order chi connectivity index (χ0) is 11.3. The number of nitrogens with two attached hydrogens (primary N) is 1. The number of hydrogen-bond acceptors (Lipinski definition) is 3. The summed E-state index contributed by atoms with van der Waals surface area (Å²) >= 11 is 0. The minimum absolute atomic E-state index is 0.0939. The molecule has 0 aromatic rings. The van der Waals surface area contributed by atoms with Crippen LogP contribution in [0.5, 0.6) is 0 Å². The van der Waals surface area contributed by atoms with E-state index in [1.165, 1.54) is 12.8 Å². The highest BCUT2D eigenvalue weighted by Gasteiger charge is 2.33. The summed E-state index contributed by atoms with van der Waals surface area (Å²) in [6.07, 6.45) is 5.01. The Morgan fingerprint density at radius 1 is 1.40 bits per heavy atom. The quantitative estimate of drug-likeness (QED) is 0.692. The molecular formula is C11H23N3O. The summed E-state index contributed by atoms with van der Waals surface area (Å²) in [5.74, 6) is 0.135. The van der Waals surface area contributed by atoms with Gasteiger partial charge in [0, 0.05) is 19.5 Å². The first-order chi connectivity index (χ1) is 7.08. The van der Waals surface area contributed by atoms with Crippen LogP contribution in [0.15, 0.2) is 0 Å². The van der Waals surface area contributed by atoms with Crippen LogP contribution < -0.4 is 11.1 Å². The standard InChI is InChI=1S/C11H23N3O/c1-14(2)8-5-10(15)13-11(9-12)6-3-4-7-11/h3-9,12H2,1-2H3,(H,13,15). The SMILES string of the molecule is CN(C)CCC(=O)NC1(CN)CCCC1. The van der Waals surface area contributed by atoms with E-state index in [-0.39, 0.29) is 11.4 Å². The Balaban J connectivity index is 2.35. The first-order valence-electron chi connectivity index (χ1n) is 5.74. The molecule has 0 aromatic carbocycles. The summed E-state index contributed by atoms with van der Waals surface area (Å²) in [6.45, 7) is 1.37. The minimum Gasteiger partial charge on any atom is -0.349 e. The molecule has 0 bridgehead atoms. The van der Waals surface area contributed by atoms with Gasteiger partial charge in [-0.1, -0.05) is 12.8 Å². The van der Waals surface area contributed by atoms with Crippen molar-refractivity contribution >= 4 is 5.91 Å². The van der Waals surface area contributed by atoms with Gasteiger partial charge in [0.05, 0.1) is 5.54 Å². The lowest BCUT2D eigenvalue weighted by molar-refractivity contribution is -0.123. The monoisotopic (exact) mass is 213 g/mol. The van der Waals surface area contributed by atoms with Gasteiger partial charge >= 0.3 is 0 Å². The highest BCUT2D eigenvalue weighted by atomic mass is 16.1. The van der Waals surface area contributed by atoms with E-state index < -0.39 is 0 Å². The molecule has 1 rings (SSSR count). The summed E-state index contributed by atoms with van der Waals surface area (Å²) < 4.78 is 0. The van der Waals surface area contributed by atoms with Crippen molar-refractivity contribution in [2.45, 2.75) is 37.6 Å². The molecule has 88 valence electrons. The molecule has 1 aliphatic carbocycles. The fourth-order valence-corrected chi connectivity index (χ4v) is 2.12. The second kappa shape index (κ2) is 5.47. The number of carbonyl (C=O) groups is 1. The molecule has 15 heavy (non-hydrogen) atoms. The smallest absolute Gasteiger partial charge is 0.221 e. The highest BCUT2D eigenvalue weighted by molar-refractivity contribution is 5.77. The summed E-state index contributed by atoms with van der Waals surface area (Å²) in [6, 6.07) is 0. The molecule has 1 fully saturated rings. The van der Waals surface area contributed by atoms with Gasteiger partial charge in [0.25, 0.3) is 0 Å². The molecule has 0 atom stereocenters. The number of nitrogens with one attached hydrogen (secondary N) is 1. The van der Waals surface area contributed by atoms with Gasteiger partial charge in [0.1, 0.15) is 0 Å². The van der Waals surface area contributed by atoms with Crippen LogP contribution in [0, 0.1) is 0 Å². The maximum atomic E-state index is 11.7. The Hall–Kier alpha value is -0.610. The maximum absolute atomic E-state index is 11.7. The van der Waals surface area contributed by atoms with Crippen molar-refractivity contribution in [2.24, 2.45) is 5.73 Å². The van der Waals surface area contributed by atoms with Gasteiger partial charge in [-0.25, -0.2) is 0 Å². The normalized spacial score (nSPS) is 19.5. The third kappa shape index (κ3) is 3.80. The molecule has 4 heteroatoms. The molecular weight excluding hydrogens is 190 g/mol. The van der Waals surface area contributed by atoms with Crippen molar-refractivity contribution in [1.82, 2.24) is 10.2 Å². The van der Waals surface area contributed by atoms with Crippen LogP contribution in [0.2, 0.25) is 0 Å². The fraction of sp³-hybridized carbons (Fsp3) is 0.909. The average Bonchev–Trinajstić information content (AvgIpc) is 2.64. The Kier molecular flexibility index (Phi) is 4.54. The lowest BCUT2D eigenvalue weighted by Gasteiger charge is -2.29. The van der Waals surface area contributed by atoms with Crippen LogP contribution in [-0.2, 0) is 4.79 Å². The lowest BCUT2D eigenvalue weighted by atomic mass is 9.97. The summed E-state index contributed by atoms with van der Waals surface area (Å²) in [5, 5.41) is 3.11. The van der Waals surface area contributed by atoms with Crippen LogP contribution >= 0.6 is 0 Å². The first kappa shape index (κ1) is 12.5. The van der Waals surface area contributed by atoms with Crippen molar-refractivity contribution in [3.63, 3.8) is 0 Å². The number of rotatable bonds is 5. The fourth-order valence-electron chi connectivity index (χ4n) is 2.12. The Morgan fingerprint density at radius 2 is 2.00 bits per heavy atom. The zero-order valence-corrected chi connectivity index (χ0v) is 9.88. The number of amides is 1. The Labute approximate surface area is 92.2 Å². The molecule has 4 nitrogen and oxygen atoms in total.